The second-order valence-electron chi connectivity index (χ2n) is 17.4. The van der Waals surface area contributed by atoms with E-state index in [4.69, 9.17) is 0 Å². The molecule has 0 unspecified atom stereocenters. The zero-order chi connectivity index (χ0) is 42.2. The Morgan fingerprint density at radius 3 is 1.72 bits per heavy atom. The van der Waals surface area contributed by atoms with E-state index in [-0.39, 0.29) is 5.41 Å². The van der Waals surface area contributed by atoms with Crippen LogP contribution in [0.15, 0.2) is 242 Å². The van der Waals surface area contributed by atoms with E-state index < -0.39 is 0 Å². The Morgan fingerprint density at radius 2 is 0.969 bits per heavy atom. The highest BCUT2D eigenvalue weighted by Crippen LogP contribution is 2.64. The molecule has 0 saturated carbocycles. The van der Waals surface area contributed by atoms with Gasteiger partial charge in [0, 0.05) is 39.1 Å². The Kier molecular flexibility index (Phi) is 8.36. The molecule has 13 rings (SSSR count). The number of hydrogen-bond donors (Lipinski definition) is 0. The first-order chi connectivity index (χ1) is 31.8. The van der Waals surface area contributed by atoms with E-state index in [0.29, 0.717) is 0 Å². The van der Waals surface area contributed by atoms with Gasteiger partial charge in [0.2, 0.25) is 0 Å². The largest absolute Gasteiger partial charge is 0.310 e. The Morgan fingerprint density at radius 1 is 0.406 bits per heavy atom. The van der Waals surface area contributed by atoms with E-state index in [2.05, 4.69) is 240 Å². The normalized spacial score (nSPS) is 14.5. The van der Waals surface area contributed by atoms with Crippen molar-refractivity contribution in [3.05, 3.63) is 264 Å². The lowest BCUT2D eigenvalue weighted by Crippen LogP contribution is -2.27. The third-order valence-corrected chi connectivity index (χ3v) is 14.1. The fraction of sp³-hybridized carbons (Fsp3) is 0.0645. The molecule has 64 heavy (non-hydrogen) atoms. The van der Waals surface area contributed by atoms with Gasteiger partial charge in [-0.2, -0.15) is 0 Å². The molecule has 9 aromatic carbocycles. The first-order valence-electron chi connectivity index (χ1n) is 22.7. The molecule has 0 atom stereocenters. The first-order valence-corrected chi connectivity index (χ1v) is 22.7. The average Bonchev–Trinajstić information content (AvgIpc) is 3.89. The zero-order valence-electron chi connectivity index (χ0n) is 35.5. The molecule has 0 aliphatic heterocycles. The smallest absolute Gasteiger partial charge is 0.0689 e. The second kappa shape index (κ2) is 14.6. The maximum Gasteiger partial charge on any atom is 0.0689 e. The van der Waals surface area contributed by atoms with Crippen LogP contribution in [0, 0.1) is 0 Å². The summed E-state index contributed by atoms with van der Waals surface area (Å²) in [4.78, 5) is 2.55. The van der Waals surface area contributed by atoms with Crippen LogP contribution in [0.5, 0.6) is 0 Å². The molecular formula is C62H44N2. The quantitative estimate of drug-likeness (QED) is 0.162. The Balaban J connectivity index is 0.997. The summed E-state index contributed by atoms with van der Waals surface area (Å²) >= 11 is 0. The zero-order valence-corrected chi connectivity index (χ0v) is 35.5. The number of nitrogens with zero attached hydrogens (tertiary/aromatic N) is 2. The van der Waals surface area contributed by atoms with Crippen LogP contribution in [0.4, 0.5) is 11.4 Å². The third-order valence-electron chi connectivity index (χ3n) is 14.1. The maximum absolute atomic E-state index is 2.55. The van der Waals surface area contributed by atoms with Crippen LogP contribution < -0.4 is 4.90 Å². The summed E-state index contributed by atoms with van der Waals surface area (Å²) in [7, 11) is 0. The number of aromatic nitrogens is 1. The fourth-order valence-electron chi connectivity index (χ4n) is 11.5. The molecule has 2 nitrogen and oxygen atoms in total. The van der Waals surface area contributed by atoms with Gasteiger partial charge in [-0.15, -0.1) is 0 Å². The lowest BCUT2D eigenvalue weighted by Gasteiger charge is -2.33. The van der Waals surface area contributed by atoms with E-state index in [1.54, 1.807) is 0 Å². The molecule has 0 fully saturated rings. The van der Waals surface area contributed by atoms with Gasteiger partial charge in [-0.3, -0.25) is 0 Å². The predicted octanol–water partition coefficient (Wildman–Crippen LogP) is 16.1. The van der Waals surface area contributed by atoms with Crippen LogP contribution in [0.2, 0.25) is 0 Å². The van der Waals surface area contributed by atoms with Gasteiger partial charge in [0.05, 0.1) is 16.4 Å². The van der Waals surface area contributed by atoms with Crippen LogP contribution >= 0.6 is 0 Å². The van der Waals surface area contributed by atoms with Crippen molar-refractivity contribution in [3.63, 3.8) is 0 Å². The second-order valence-corrected chi connectivity index (χ2v) is 17.4. The van der Waals surface area contributed by atoms with Gasteiger partial charge in [0.25, 0.3) is 0 Å². The number of rotatable bonds is 6. The number of para-hydroxylation sites is 2. The minimum atomic E-state index is -0.355. The monoisotopic (exact) mass is 816 g/mol. The molecule has 10 aromatic rings. The molecule has 0 bridgehead atoms. The van der Waals surface area contributed by atoms with Gasteiger partial charge in [-0.25, -0.2) is 0 Å². The Labute approximate surface area is 374 Å². The van der Waals surface area contributed by atoms with Crippen molar-refractivity contribution in [3.8, 4) is 39.1 Å². The van der Waals surface area contributed by atoms with Crippen molar-refractivity contribution in [2.24, 2.45) is 0 Å². The molecule has 302 valence electrons. The number of hydrogen-bond acceptors (Lipinski definition) is 1. The molecule has 2 heteroatoms. The summed E-state index contributed by atoms with van der Waals surface area (Å²) in [6.45, 7) is 0. The topological polar surface area (TPSA) is 8.17 Å². The summed E-state index contributed by atoms with van der Waals surface area (Å²) < 4.78 is 2.39. The molecule has 3 aliphatic rings. The molecule has 0 amide bonds. The van der Waals surface area contributed by atoms with Gasteiger partial charge < -0.3 is 9.47 Å². The van der Waals surface area contributed by atoms with E-state index in [1.165, 1.54) is 100.0 Å². The molecule has 1 spiro atoms. The summed E-state index contributed by atoms with van der Waals surface area (Å²) in [6, 6.07) is 83.3. The van der Waals surface area contributed by atoms with Crippen molar-refractivity contribution in [1.29, 1.82) is 0 Å². The minimum Gasteiger partial charge on any atom is -0.310 e. The number of anilines is 2. The van der Waals surface area contributed by atoms with E-state index in [0.717, 1.165) is 30.6 Å². The van der Waals surface area contributed by atoms with Gasteiger partial charge in [0.15, 0.2) is 0 Å². The lowest BCUT2D eigenvalue weighted by molar-refractivity contribution is 0.692. The summed E-state index contributed by atoms with van der Waals surface area (Å²) in [5.74, 6) is 0. The molecule has 3 aliphatic carbocycles. The third kappa shape index (κ3) is 5.39. The minimum absolute atomic E-state index is 0.355. The van der Waals surface area contributed by atoms with Crippen LogP contribution in [0.1, 0.15) is 41.5 Å². The highest BCUT2D eigenvalue weighted by atomic mass is 15.2. The van der Waals surface area contributed by atoms with Crippen LogP contribution in [-0.2, 0) is 5.41 Å². The van der Waals surface area contributed by atoms with Gasteiger partial charge in [0.1, 0.15) is 0 Å². The van der Waals surface area contributed by atoms with E-state index >= 15 is 0 Å². The van der Waals surface area contributed by atoms with Crippen molar-refractivity contribution in [1.82, 2.24) is 4.57 Å². The van der Waals surface area contributed by atoms with Gasteiger partial charge in [-0.05, 0) is 135 Å². The average molecular weight is 817 g/mol. The van der Waals surface area contributed by atoms with Crippen LogP contribution in [0.25, 0.3) is 66.4 Å². The predicted molar refractivity (Wildman–Crippen MR) is 267 cm³/mol. The fourth-order valence-corrected chi connectivity index (χ4v) is 11.5. The molecule has 1 heterocycles. The molecular weight excluding hydrogens is 773 g/mol. The summed E-state index contributed by atoms with van der Waals surface area (Å²) in [5, 5.41) is 2.52. The van der Waals surface area contributed by atoms with E-state index in [9.17, 15) is 0 Å². The SMILES string of the molecule is C1=C(N(c2ccc(-c3ccc4c(c3)c3ccccc3n4-c3ccccc3)cc2)c2cccc(-c3ccccc3)c2)C2=C(CCC1)C1(c3ccccc32)c2ccccc2-c2ccccc21. The number of benzene rings is 9. The summed E-state index contributed by atoms with van der Waals surface area (Å²) in [6.07, 6.45) is 5.63. The Bertz CT molecular complexity index is 3470. The number of allylic oxidation sites excluding steroid dienone is 3. The lowest BCUT2D eigenvalue weighted by atomic mass is 9.68. The van der Waals surface area contributed by atoms with Crippen LogP contribution in [0.3, 0.4) is 0 Å². The molecule has 1 aromatic heterocycles. The van der Waals surface area contributed by atoms with E-state index in [1.807, 2.05) is 0 Å². The highest BCUT2D eigenvalue weighted by molar-refractivity contribution is 6.10. The Hall–Kier alpha value is -7.94. The molecule has 0 saturated heterocycles. The first kappa shape index (κ1) is 36.7. The van der Waals surface area contributed by atoms with Crippen molar-refractivity contribution < 1.29 is 0 Å². The maximum atomic E-state index is 2.55. The van der Waals surface area contributed by atoms with Crippen molar-refractivity contribution >= 4 is 38.8 Å². The van der Waals surface area contributed by atoms with Crippen molar-refractivity contribution in [2.45, 2.75) is 24.7 Å². The molecule has 0 N–H and O–H groups in total. The molecule has 0 radical (unpaired) electrons. The van der Waals surface area contributed by atoms with Crippen molar-refractivity contribution in [2.75, 3.05) is 4.90 Å². The highest BCUT2D eigenvalue weighted by Gasteiger charge is 2.53. The standard InChI is InChI=1S/C62H44N2/c1-3-18-42(19-4-1)44-20-17-23-48(40-44)63(47-37-34-43(35-38-47)45-36-39-59-53(41-45)51-26-10-15-32-58(51)64(59)46-21-5-2-6-22-46)60-33-16-14-31-57-61(60)52-27-9-13-30-56(52)62(57)54-28-11-7-24-49(54)50-25-8-12-29-55(50)62/h1-13,15,17-30,32-41H,14,16,31H2. The van der Waals surface area contributed by atoms with Gasteiger partial charge >= 0.3 is 0 Å². The number of fused-ring (bicyclic) bond motifs is 12. The van der Waals surface area contributed by atoms with Crippen LogP contribution in [-0.4, -0.2) is 4.57 Å². The summed E-state index contributed by atoms with van der Waals surface area (Å²) in [5.41, 5.74) is 22.7. The van der Waals surface area contributed by atoms with Gasteiger partial charge in [-0.1, -0.05) is 176 Å².